The maximum Gasteiger partial charge on any atom is 0.265 e. The summed E-state index contributed by atoms with van der Waals surface area (Å²) < 4.78 is 29.6. The normalized spacial score (nSPS) is 11.4. The summed E-state index contributed by atoms with van der Waals surface area (Å²) in [6, 6.07) is 10.3. The van der Waals surface area contributed by atoms with E-state index in [1.165, 1.54) is 6.07 Å². The summed E-state index contributed by atoms with van der Waals surface area (Å²) in [5.74, 6) is 0.253. The van der Waals surface area contributed by atoms with Gasteiger partial charge in [-0.05, 0) is 42.3 Å². The molecular formula is C14H11BrCl2O3S. The second-order valence-corrected chi connectivity index (χ2v) is 8.29. The van der Waals surface area contributed by atoms with Crippen LogP contribution in [0.2, 0.25) is 5.02 Å². The molecule has 7 heteroatoms. The minimum Gasteiger partial charge on any atom is -0.487 e. The van der Waals surface area contributed by atoms with E-state index in [0.717, 1.165) is 5.56 Å². The number of hydrogen-bond donors (Lipinski definition) is 0. The van der Waals surface area contributed by atoms with Gasteiger partial charge in [0.15, 0.2) is 0 Å². The van der Waals surface area contributed by atoms with Crippen LogP contribution in [0.3, 0.4) is 0 Å². The summed E-state index contributed by atoms with van der Waals surface area (Å²) in [6.45, 7) is 1.98. The minimum absolute atomic E-state index is 0.0509. The molecule has 0 aliphatic rings. The lowest BCUT2D eigenvalue weighted by Crippen LogP contribution is -2.03. The molecule has 0 spiro atoms. The zero-order valence-corrected chi connectivity index (χ0v) is 14.9. The monoisotopic (exact) mass is 408 g/mol. The van der Waals surface area contributed by atoms with Crippen molar-refractivity contribution < 1.29 is 13.2 Å². The topological polar surface area (TPSA) is 43.4 Å². The smallest absolute Gasteiger partial charge is 0.265 e. The number of benzene rings is 2. The number of hydrogen-bond acceptors (Lipinski definition) is 3. The molecule has 0 N–H and O–H groups in total. The van der Waals surface area contributed by atoms with Gasteiger partial charge in [0, 0.05) is 20.2 Å². The quantitative estimate of drug-likeness (QED) is 0.673. The van der Waals surface area contributed by atoms with E-state index in [4.69, 9.17) is 27.0 Å². The van der Waals surface area contributed by atoms with Gasteiger partial charge in [-0.3, -0.25) is 0 Å². The summed E-state index contributed by atoms with van der Waals surface area (Å²) in [6.07, 6.45) is 0. The Kier molecular flexibility index (Phi) is 5.20. The molecule has 0 amide bonds. The lowest BCUT2D eigenvalue weighted by molar-refractivity contribution is 0.296. The van der Waals surface area contributed by atoms with E-state index in [1.54, 1.807) is 25.1 Å². The van der Waals surface area contributed by atoms with E-state index in [-0.39, 0.29) is 17.3 Å². The first-order chi connectivity index (χ1) is 9.77. The maximum absolute atomic E-state index is 11.7. The molecule has 112 valence electrons. The van der Waals surface area contributed by atoms with E-state index >= 15 is 0 Å². The fraction of sp³-hybridized carbons (Fsp3) is 0.143. The van der Waals surface area contributed by atoms with Crippen molar-refractivity contribution in [3.8, 4) is 5.75 Å². The molecule has 0 radical (unpaired) electrons. The Bertz CT molecular complexity index is 759. The SMILES string of the molecule is Cc1cc(Br)cc(S(=O)(=O)Cl)c1OCc1ccc(Cl)cc1. The first-order valence-corrected chi connectivity index (χ1v) is 9.37. The average Bonchev–Trinajstić information content (AvgIpc) is 2.38. The zero-order chi connectivity index (χ0) is 15.6. The molecule has 0 aromatic heterocycles. The first-order valence-electron chi connectivity index (χ1n) is 5.89. The molecule has 0 aliphatic carbocycles. The summed E-state index contributed by atoms with van der Waals surface area (Å²) >= 11 is 9.06. The Hall–Kier alpha value is -0.750. The number of aryl methyl sites for hydroxylation is 1. The first kappa shape index (κ1) is 16.6. The maximum atomic E-state index is 11.7. The van der Waals surface area contributed by atoms with Crippen molar-refractivity contribution in [1.82, 2.24) is 0 Å². The molecule has 0 heterocycles. The van der Waals surface area contributed by atoms with Gasteiger partial charge < -0.3 is 4.74 Å². The highest BCUT2D eigenvalue weighted by Gasteiger charge is 2.20. The molecule has 3 nitrogen and oxygen atoms in total. The van der Waals surface area contributed by atoms with E-state index in [2.05, 4.69) is 15.9 Å². The molecule has 0 saturated carbocycles. The lowest BCUT2D eigenvalue weighted by atomic mass is 10.2. The third-order valence-corrected chi connectivity index (χ3v) is 4.80. The van der Waals surface area contributed by atoms with Crippen molar-refractivity contribution in [3.05, 3.63) is 57.0 Å². The fourth-order valence-corrected chi connectivity index (χ4v) is 3.70. The van der Waals surface area contributed by atoms with Gasteiger partial charge >= 0.3 is 0 Å². The highest BCUT2D eigenvalue weighted by molar-refractivity contribution is 9.10. The molecule has 2 aromatic carbocycles. The van der Waals surface area contributed by atoms with Gasteiger partial charge in [0.2, 0.25) is 0 Å². The molecule has 2 rings (SSSR count). The third-order valence-electron chi connectivity index (χ3n) is 2.76. The molecule has 0 saturated heterocycles. The Morgan fingerprint density at radius 2 is 1.81 bits per heavy atom. The Morgan fingerprint density at radius 1 is 1.19 bits per heavy atom. The highest BCUT2D eigenvalue weighted by Crippen LogP contribution is 2.34. The van der Waals surface area contributed by atoms with Gasteiger partial charge in [0.1, 0.15) is 17.3 Å². The van der Waals surface area contributed by atoms with E-state index < -0.39 is 9.05 Å². The zero-order valence-electron chi connectivity index (χ0n) is 10.9. The predicted molar refractivity (Wildman–Crippen MR) is 87.7 cm³/mol. The molecule has 21 heavy (non-hydrogen) atoms. The van der Waals surface area contributed by atoms with E-state index in [1.807, 2.05) is 12.1 Å². The number of halogens is 3. The summed E-state index contributed by atoms with van der Waals surface area (Å²) in [7, 11) is 1.57. The van der Waals surface area contributed by atoms with Crippen molar-refractivity contribution in [2.75, 3.05) is 0 Å². The van der Waals surface area contributed by atoms with Gasteiger partial charge in [-0.1, -0.05) is 39.7 Å². The van der Waals surface area contributed by atoms with Crippen LogP contribution in [0.4, 0.5) is 0 Å². The van der Waals surface area contributed by atoms with Crippen LogP contribution in [-0.4, -0.2) is 8.42 Å². The summed E-state index contributed by atoms with van der Waals surface area (Å²) in [5.41, 5.74) is 1.55. The molecule has 0 bridgehead atoms. The molecule has 0 fully saturated rings. The Balaban J connectivity index is 2.33. The molecular weight excluding hydrogens is 399 g/mol. The Morgan fingerprint density at radius 3 is 2.38 bits per heavy atom. The van der Waals surface area contributed by atoms with Gasteiger partial charge in [-0.15, -0.1) is 0 Å². The van der Waals surface area contributed by atoms with Crippen LogP contribution in [0.5, 0.6) is 5.75 Å². The highest BCUT2D eigenvalue weighted by atomic mass is 79.9. The van der Waals surface area contributed by atoms with Crippen LogP contribution >= 0.6 is 38.2 Å². The van der Waals surface area contributed by atoms with Crippen molar-refractivity contribution in [1.29, 1.82) is 0 Å². The minimum atomic E-state index is -3.89. The van der Waals surface area contributed by atoms with E-state index in [9.17, 15) is 8.42 Å². The predicted octanol–water partition coefficient (Wildman–Crippen LogP) is 4.92. The van der Waals surface area contributed by atoms with Crippen LogP contribution in [0.15, 0.2) is 45.8 Å². The van der Waals surface area contributed by atoms with Gasteiger partial charge in [-0.2, -0.15) is 0 Å². The molecule has 0 aliphatic heterocycles. The second-order valence-electron chi connectivity index (χ2n) is 4.40. The summed E-state index contributed by atoms with van der Waals surface area (Å²) in [5, 5.41) is 0.627. The van der Waals surface area contributed by atoms with Crippen LogP contribution < -0.4 is 4.74 Å². The van der Waals surface area contributed by atoms with Crippen molar-refractivity contribution >= 4 is 47.3 Å². The van der Waals surface area contributed by atoms with Gasteiger partial charge in [0.25, 0.3) is 9.05 Å². The molecule has 0 atom stereocenters. The van der Waals surface area contributed by atoms with Crippen molar-refractivity contribution in [2.45, 2.75) is 18.4 Å². The van der Waals surface area contributed by atoms with Crippen molar-refractivity contribution in [2.24, 2.45) is 0 Å². The fourth-order valence-electron chi connectivity index (χ4n) is 1.80. The second kappa shape index (κ2) is 6.57. The summed E-state index contributed by atoms with van der Waals surface area (Å²) in [4.78, 5) is -0.0509. The standard InChI is InChI=1S/C14H11BrCl2O3S/c1-9-6-11(15)7-13(21(17,18)19)14(9)20-8-10-2-4-12(16)5-3-10/h2-7H,8H2,1H3. The number of ether oxygens (including phenoxy) is 1. The van der Waals surface area contributed by atoms with Crippen LogP contribution in [0, 0.1) is 6.92 Å². The van der Waals surface area contributed by atoms with Crippen LogP contribution in [0.25, 0.3) is 0 Å². The average molecular weight is 410 g/mol. The van der Waals surface area contributed by atoms with Crippen LogP contribution in [-0.2, 0) is 15.7 Å². The van der Waals surface area contributed by atoms with Gasteiger partial charge in [-0.25, -0.2) is 8.42 Å². The van der Waals surface area contributed by atoms with E-state index in [0.29, 0.717) is 15.1 Å². The largest absolute Gasteiger partial charge is 0.487 e. The number of rotatable bonds is 4. The van der Waals surface area contributed by atoms with Crippen LogP contribution in [0.1, 0.15) is 11.1 Å². The Labute approximate surface area is 141 Å². The molecule has 0 unspecified atom stereocenters. The lowest BCUT2D eigenvalue weighted by Gasteiger charge is -2.13. The van der Waals surface area contributed by atoms with Gasteiger partial charge in [0.05, 0.1) is 0 Å². The molecule has 2 aromatic rings. The third kappa shape index (κ3) is 4.36. The van der Waals surface area contributed by atoms with Crippen molar-refractivity contribution in [3.63, 3.8) is 0 Å².